The summed E-state index contributed by atoms with van der Waals surface area (Å²) in [7, 11) is 5.10. The number of rotatable bonds is 9. The highest BCUT2D eigenvalue weighted by atomic mass is 35.5. The Balaban J connectivity index is 1.75. The molecule has 0 aliphatic carbocycles. The Bertz CT molecular complexity index is 1360. The molecule has 1 aliphatic heterocycles. The van der Waals surface area contributed by atoms with Crippen molar-refractivity contribution in [3.63, 3.8) is 0 Å². The number of aromatic nitrogens is 1. The van der Waals surface area contributed by atoms with E-state index in [1.54, 1.807) is 24.3 Å². The maximum Gasteiger partial charge on any atom is 0.358 e. The first-order valence-corrected chi connectivity index (χ1v) is 12.8. The number of benzene rings is 2. The van der Waals surface area contributed by atoms with Gasteiger partial charge in [0.05, 0.1) is 23.5 Å². The van der Waals surface area contributed by atoms with Crippen LogP contribution in [0.25, 0.3) is 22.3 Å². The number of phenolic OH excluding ortho intramolecular Hbond substituents is 1. The molecule has 0 spiro atoms. The normalized spacial score (nSPS) is 13.4. The smallest absolute Gasteiger partial charge is 0.358 e. The van der Waals surface area contributed by atoms with Crippen molar-refractivity contribution in [3.8, 4) is 28.0 Å². The van der Waals surface area contributed by atoms with E-state index in [1.807, 2.05) is 23.9 Å². The van der Waals surface area contributed by atoms with Gasteiger partial charge in [0, 0.05) is 62.2 Å². The van der Waals surface area contributed by atoms with E-state index in [9.17, 15) is 19.1 Å². The van der Waals surface area contributed by atoms with Crippen LogP contribution in [0.15, 0.2) is 42.6 Å². The Kier molecular flexibility index (Phi) is 9.01. The minimum absolute atomic E-state index is 0.149. The third-order valence-corrected chi connectivity index (χ3v) is 6.88. The monoisotopic (exact) mass is 555 g/mol. The van der Waals surface area contributed by atoms with Crippen molar-refractivity contribution < 1.29 is 23.8 Å². The average Bonchev–Trinajstić information content (AvgIpc) is 2.94. The predicted molar refractivity (Wildman–Crippen MR) is 150 cm³/mol. The van der Waals surface area contributed by atoms with Crippen LogP contribution in [0.5, 0.6) is 5.75 Å². The topological polar surface area (TPSA) is 98.2 Å². The minimum atomic E-state index is -0.580. The van der Waals surface area contributed by atoms with Gasteiger partial charge in [-0.15, -0.1) is 0 Å². The summed E-state index contributed by atoms with van der Waals surface area (Å²) < 4.78 is 19.8. The fourth-order valence-electron chi connectivity index (χ4n) is 4.49. The lowest BCUT2D eigenvalue weighted by molar-refractivity contribution is -0.107. The van der Waals surface area contributed by atoms with Crippen LogP contribution in [0.1, 0.15) is 10.5 Å². The molecule has 2 aromatic carbocycles. The molecule has 0 unspecified atom stereocenters. The molecule has 1 aliphatic rings. The number of ether oxygens (including phenoxy) is 1. The molecule has 3 aromatic rings. The Labute approximate surface area is 231 Å². The first-order chi connectivity index (χ1) is 18.7. The number of esters is 1. The molecule has 2 heterocycles. The van der Waals surface area contributed by atoms with Gasteiger partial charge in [-0.2, -0.15) is 0 Å². The molecular formula is C28H31ClFN5O4. The molecule has 0 bridgehead atoms. The summed E-state index contributed by atoms with van der Waals surface area (Å²) in [6, 6.07) is 9.09. The number of carbonyl (C=O) groups is 2. The van der Waals surface area contributed by atoms with Crippen molar-refractivity contribution in [2.45, 2.75) is 0 Å². The number of carbonyl (C=O) groups excluding carboxylic acids is 2. The van der Waals surface area contributed by atoms with Gasteiger partial charge in [0.1, 0.15) is 11.6 Å². The molecule has 1 aromatic heterocycles. The minimum Gasteiger partial charge on any atom is -0.507 e. The number of aromatic hydroxyl groups is 1. The molecule has 0 saturated carbocycles. The van der Waals surface area contributed by atoms with E-state index in [0.29, 0.717) is 55.1 Å². The van der Waals surface area contributed by atoms with E-state index in [1.165, 1.54) is 30.3 Å². The Morgan fingerprint density at radius 2 is 1.85 bits per heavy atom. The van der Waals surface area contributed by atoms with Crippen molar-refractivity contribution in [2.75, 3.05) is 70.3 Å². The van der Waals surface area contributed by atoms with E-state index < -0.39 is 11.8 Å². The summed E-state index contributed by atoms with van der Waals surface area (Å²) in [4.78, 5) is 33.9. The lowest BCUT2D eigenvalue weighted by Gasteiger charge is -2.30. The van der Waals surface area contributed by atoms with Crippen molar-refractivity contribution in [2.24, 2.45) is 0 Å². The number of hydrogen-bond acceptors (Lipinski definition) is 8. The maximum absolute atomic E-state index is 14.9. The number of piperazine rings is 1. The van der Waals surface area contributed by atoms with Crippen molar-refractivity contribution in [3.05, 3.63) is 59.1 Å². The zero-order valence-corrected chi connectivity index (χ0v) is 22.8. The molecule has 39 heavy (non-hydrogen) atoms. The molecule has 1 saturated heterocycles. The Morgan fingerprint density at radius 3 is 2.46 bits per heavy atom. The second-order valence-electron chi connectivity index (χ2n) is 9.44. The molecular weight excluding hydrogens is 525 g/mol. The fraction of sp³-hybridized carbons (Fsp3) is 0.321. The van der Waals surface area contributed by atoms with Crippen LogP contribution < -0.4 is 15.1 Å². The van der Waals surface area contributed by atoms with Gasteiger partial charge < -0.3 is 29.9 Å². The molecule has 0 atom stereocenters. The van der Waals surface area contributed by atoms with Crippen LogP contribution in [-0.4, -0.2) is 87.8 Å². The SMILES string of the molecule is COC(=O)c1ncc(-c2cc(F)cc(-c3ccc(N(C=O)CCN(C)C)c(Cl)c3)c2O)cc1N1CCNCC1. The van der Waals surface area contributed by atoms with E-state index in [0.717, 1.165) is 13.1 Å². The number of anilines is 2. The highest BCUT2D eigenvalue weighted by Gasteiger charge is 2.23. The second kappa shape index (κ2) is 12.4. The summed E-state index contributed by atoms with van der Waals surface area (Å²) in [6.45, 7) is 3.83. The van der Waals surface area contributed by atoms with Gasteiger partial charge >= 0.3 is 5.97 Å². The third kappa shape index (κ3) is 6.30. The van der Waals surface area contributed by atoms with Crippen LogP contribution in [0.3, 0.4) is 0 Å². The molecule has 9 nitrogen and oxygen atoms in total. The summed E-state index contributed by atoms with van der Waals surface area (Å²) in [5.74, 6) is -1.32. The summed E-state index contributed by atoms with van der Waals surface area (Å²) in [5, 5.41) is 14.8. The molecule has 4 rings (SSSR count). The van der Waals surface area contributed by atoms with Crippen LogP contribution >= 0.6 is 11.6 Å². The van der Waals surface area contributed by atoms with E-state index in [4.69, 9.17) is 16.3 Å². The highest BCUT2D eigenvalue weighted by molar-refractivity contribution is 6.34. The first-order valence-electron chi connectivity index (χ1n) is 12.5. The number of nitrogens with zero attached hydrogens (tertiary/aromatic N) is 4. The first kappa shape index (κ1) is 28.3. The zero-order chi connectivity index (χ0) is 28.1. The van der Waals surface area contributed by atoms with Gasteiger partial charge in [-0.3, -0.25) is 4.79 Å². The van der Waals surface area contributed by atoms with Gasteiger partial charge in [0.15, 0.2) is 5.69 Å². The third-order valence-electron chi connectivity index (χ3n) is 6.57. The lowest BCUT2D eigenvalue weighted by atomic mass is 9.97. The molecule has 2 N–H and O–H groups in total. The number of methoxy groups -OCH3 is 1. The summed E-state index contributed by atoms with van der Waals surface area (Å²) in [6.07, 6.45) is 2.13. The van der Waals surface area contributed by atoms with E-state index in [-0.39, 0.29) is 27.6 Å². The quantitative estimate of drug-likeness (QED) is 0.305. The van der Waals surface area contributed by atoms with E-state index in [2.05, 4.69) is 10.3 Å². The number of phenols is 1. The number of nitrogens with one attached hydrogen (secondary N) is 1. The number of hydrogen-bond donors (Lipinski definition) is 2. The van der Waals surface area contributed by atoms with Crippen molar-refractivity contribution in [1.29, 1.82) is 0 Å². The second-order valence-corrected chi connectivity index (χ2v) is 9.85. The van der Waals surface area contributed by atoms with Crippen LogP contribution in [0, 0.1) is 5.82 Å². The number of pyridine rings is 1. The average molecular weight is 556 g/mol. The van der Waals surface area contributed by atoms with Crippen LogP contribution in [-0.2, 0) is 9.53 Å². The van der Waals surface area contributed by atoms with Gasteiger partial charge in [0.25, 0.3) is 0 Å². The molecule has 1 amide bonds. The molecule has 206 valence electrons. The highest BCUT2D eigenvalue weighted by Crippen LogP contribution is 2.42. The van der Waals surface area contributed by atoms with Gasteiger partial charge in [0.2, 0.25) is 6.41 Å². The van der Waals surface area contributed by atoms with E-state index >= 15 is 0 Å². The fourth-order valence-corrected chi connectivity index (χ4v) is 4.77. The number of likely N-dealkylation sites (N-methyl/N-ethyl adjacent to an activating group) is 1. The van der Waals surface area contributed by atoms with Gasteiger partial charge in [-0.1, -0.05) is 17.7 Å². The Morgan fingerprint density at radius 1 is 1.15 bits per heavy atom. The largest absolute Gasteiger partial charge is 0.507 e. The number of halogens is 2. The summed E-state index contributed by atoms with van der Waals surface area (Å²) in [5.41, 5.74) is 2.56. The predicted octanol–water partition coefficient (Wildman–Crippen LogP) is 3.63. The summed E-state index contributed by atoms with van der Waals surface area (Å²) >= 11 is 6.53. The zero-order valence-electron chi connectivity index (χ0n) is 22.1. The standard InChI is InChI=1S/C28H31ClFN5O4/c1-33(2)10-11-35(17-36)24-5-4-18(12-23(24)29)21-14-20(30)15-22(27(21)37)19-13-25(34-8-6-31-7-9-34)26(32-16-19)28(38)39-3/h4-5,12-17,31,37H,6-11H2,1-3H3. The Hall–Kier alpha value is -3.73. The molecule has 11 heteroatoms. The van der Waals surface area contributed by atoms with Crippen molar-refractivity contribution >= 4 is 35.4 Å². The van der Waals surface area contributed by atoms with Gasteiger partial charge in [-0.25, -0.2) is 14.2 Å². The number of amides is 1. The van der Waals surface area contributed by atoms with Crippen LogP contribution in [0.4, 0.5) is 15.8 Å². The van der Waals surface area contributed by atoms with Gasteiger partial charge in [-0.05, 0) is 50.0 Å². The maximum atomic E-state index is 14.9. The van der Waals surface area contributed by atoms with Crippen molar-refractivity contribution in [1.82, 2.24) is 15.2 Å². The molecule has 0 radical (unpaired) electrons. The van der Waals surface area contributed by atoms with Crippen LogP contribution in [0.2, 0.25) is 5.02 Å². The molecule has 1 fully saturated rings. The lowest BCUT2D eigenvalue weighted by Crippen LogP contribution is -2.44.